The van der Waals surface area contributed by atoms with Gasteiger partial charge in [-0.05, 0) is 38.7 Å². The molecule has 1 aliphatic rings. The average Bonchev–Trinajstić information content (AvgIpc) is 2.81. The van der Waals surface area contributed by atoms with Crippen LogP contribution in [0.25, 0.3) is 0 Å². The van der Waals surface area contributed by atoms with Crippen LogP contribution in [-0.4, -0.2) is 10.9 Å². The summed E-state index contributed by atoms with van der Waals surface area (Å²) < 4.78 is 2.31. The summed E-state index contributed by atoms with van der Waals surface area (Å²) in [7, 11) is 0. The van der Waals surface area contributed by atoms with Crippen molar-refractivity contribution in [3.63, 3.8) is 0 Å². The maximum atomic E-state index is 10.8. The van der Waals surface area contributed by atoms with Crippen LogP contribution in [0.2, 0.25) is 0 Å². The van der Waals surface area contributed by atoms with Crippen molar-refractivity contribution in [1.29, 1.82) is 0 Å². The normalized spacial score (nSPS) is 17.2. The first-order valence-electron chi connectivity index (χ1n) is 5.84. The zero-order valence-electron chi connectivity index (χ0n) is 9.62. The maximum Gasteiger partial charge on any atom is 0.151 e. The second-order valence-corrected chi connectivity index (χ2v) is 4.71. The van der Waals surface area contributed by atoms with E-state index in [9.17, 15) is 4.79 Å². The van der Waals surface area contributed by atoms with Gasteiger partial charge in [0.15, 0.2) is 6.29 Å². The monoisotopic (exact) mass is 205 g/mol. The van der Waals surface area contributed by atoms with E-state index >= 15 is 0 Å². The Balaban J connectivity index is 2.19. The second-order valence-electron chi connectivity index (χ2n) is 4.71. The molecule has 0 aliphatic heterocycles. The number of rotatable bonds is 3. The number of hydrogen-bond donors (Lipinski definition) is 0. The van der Waals surface area contributed by atoms with Gasteiger partial charge in [0.1, 0.15) is 0 Å². The van der Waals surface area contributed by atoms with E-state index in [0.29, 0.717) is 0 Å². The summed E-state index contributed by atoms with van der Waals surface area (Å²) in [5, 5.41) is 0. The van der Waals surface area contributed by atoms with Crippen LogP contribution < -0.4 is 0 Å². The molecule has 1 heterocycles. The first-order chi connectivity index (χ1) is 7.22. The van der Waals surface area contributed by atoms with Crippen molar-refractivity contribution in [2.45, 2.75) is 46.1 Å². The van der Waals surface area contributed by atoms with Gasteiger partial charge in [-0.1, -0.05) is 12.8 Å². The molecule has 1 aromatic heterocycles. The van der Waals surface area contributed by atoms with Gasteiger partial charge in [0.05, 0.1) is 0 Å². The topological polar surface area (TPSA) is 22.0 Å². The van der Waals surface area contributed by atoms with Crippen LogP contribution in [-0.2, 0) is 6.54 Å². The Morgan fingerprint density at radius 3 is 2.60 bits per heavy atom. The van der Waals surface area contributed by atoms with Crippen molar-refractivity contribution in [1.82, 2.24) is 4.57 Å². The van der Waals surface area contributed by atoms with E-state index in [0.717, 1.165) is 30.0 Å². The molecule has 2 nitrogen and oxygen atoms in total. The highest BCUT2D eigenvalue weighted by atomic mass is 16.1. The first-order valence-corrected chi connectivity index (χ1v) is 5.84. The molecule has 15 heavy (non-hydrogen) atoms. The van der Waals surface area contributed by atoms with Gasteiger partial charge in [-0.2, -0.15) is 0 Å². The molecule has 1 fully saturated rings. The molecule has 1 aliphatic carbocycles. The van der Waals surface area contributed by atoms with Crippen molar-refractivity contribution in [3.05, 3.63) is 23.0 Å². The van der Waals surface area contributed by atoms with Gasteiger partial charge in [0.25, 0.3) is 0 Å². The second kappa shape index (κ2) is 4.21. The minimum atomic E-state index is 0.828. The lowest BCUT2D eigenvalue weighted by Crippen LogP contribution is -2.10. The Bertz CT molecular complexity index is 359. The molecule has 0 radical (unpaired) electrons. The first kappa shape index (κ1) is 10.5. The highest BCUT2D eigenvalue weighted by molar-refractivity contribution is 5.77. The highest BCUT2D eigenvalue weighted by Crippen LogP contribution is 2.27. The van der Waals surface area contributed by atoms with E-state index < -0.39 is 0 Å². The van der Waals surface area contributed by atoms with Gasteiger partial charge in [-0.25, -0.2) is 0 Å². The van der Waals surface area contributed by atoms with Crippen LogP contribution >= 0.6 is 0 Å². The van der Waals surface area contributed by atoms with Crippen LogP contribution in [0.5, 0.6) is 0 Å². The zero-order chi connectivity index (χ0) is 10.8. The fraction of sp³-hybridized carbons (Fsp3) is 0.615. The Kier molecular flexibility index (Phi) is 2.94. The van der Waals surface area contributed by atoms with Crippen molar-refractivity contribution in [2.24, 2.45) is 5.92 Å². The van der Waals surface area contributed by atoms with Crippen LogP contribution in [0.1, 0.15) is 47.4 Å². The number of aryl methyl sites for hydroxylation is 1. The Labute approximate surface area is 91.3 Å². The Morgan fingerprint density at radius 1 is 1.40 bits per heavy atom. The molecule has 1 aromatic rings. The van der Waals surface area contributed by atoms with Crippen molar-refractivity contribution in [2.75, 3.05) is 0 Å². The predicted molar refractivity (Wildman–Crippen MR) is 61.3 cm³/mol. The molecule has 0 bridgehead atoms. The van der Waals surface area contributed by atoms with Crippen LogP contribution in [0.4, 0.5) is 0 Å². The van der Waals surface area contributed by atoms with Crippen molar-refractivity contribution in [3.8, 4) is 0 Å². The summed E-state index contributed by atoms with van der Waals surface area (Å²) in [6.07, 6.45) is 6.43. The van der Waals surface area contributed by atoms with E-state index in [4.69, 9.17) is 0 Å². The predicted octanol–water partition coefficient (Wildman–Crippen LogP) is 3.11. The van der Waals surface area contributed by atoms with E-state index in [1.165, 1.54) is 31.4 Å². The molecule has 82 valence electrons. The van der Waals surface area contributed by atoms with Crippen LogP contribution in [0.15, 0.2) is 6.07 Å². The summed E-state index contributed by atoms with van der Waals surface area (Å²) in [6.45, 7) is 5.24. The highest BCUT2D eigenvalue weighted by Gasteiger charge is 2.17. The molecule has 0 spiro atoms. The molecule has 0 amide bonds. The zero-order valence-corrected chi connectivity index (χ0v) is 9.62. The lowest BCUT2D eigenvalue weighted by Gasteiger charge is -2.14. The van der Waals surface area contributed by atoms with Gasteiger partial charge in [0.2, 0.25) is 0 Å². The lowest BCUT2D eigenvalue weighted by molar-refractivity contribution is 0.112. The van der Waals surface area contributed by atoms with Crippen molar-refractivity contribution >= 4 is 6.29 Å². The third-order valence-corrected chi connectivity index (χ3v) is 3.66. The van der Waals surface area contributed by atoms with Gasteiger partial charge < -0.3 is 4.57 Å². The smallest absolute Gasteiger partial charge is 0.151 e. The number of nitrogens with zero attached hydrogens (tertiary/aromatic N) is 1. The minimum Gasteiger partial charge on any atom is -0.348 e. The standard InChI is InChI=1S/C13H19NO/c1-10-7-13(9-15)11(2)14(10)8-12-5-3-4-6-12/h7,9,12H,3-6,8H2,1-2H3. The number of carbonyl (C=O) groups excluding carboxylic acids is 1. The quantitative estimate of drug-likeness (QED) is 0.695. The summed E-state index contributed by atoms with van der Waals surface area (Å²) >= 11 is 0. The molecular formula is C13H19NO. The Hall–Kier alpha value is -1.05. The molecule has 0 aromatic carbocycles. The van der Waals surface area contributed by atoms with E-state index in [1.807, 2.05) is 13.0 Å². The molecule has 0 atom stereocenters. The summed E-state index contributed by atoms with van der Waals surface area (Å²) in [6, 6.07) is 2.00. The fourth-order valence-electron chi connectivity index (χ4n) is 2.68. The van der Waals surface area contributed by atoms with E-state index in [2.05, 4.69) is 11.5 Å². The van der Waals surface area contributed by atoms with Gasteiger partial charge in [-0.3, -0.25) is 4.79 Å². The summed E-state index contributed by atoms with van der Waals surface area (Å²) in [4.78, 5) is 10.8. The largest absolute Gasteiger partial charge is 0.348 e. The van der Waals surface area contributed by atoms with E-state index in [1.54, 1.807) is 0 Å². The summed E-state index contributed by atoms with van der Waals surface area (Å²) in [5.41, 5.74) is 3.21. The van der Waals surface area contributed by atoms with Crippen LogP contribution in [0.3, 0.4) is 0 Å². The lowest BCUT2D eigenvalue weighted by atomic mass is 10.1. The molecule has 0 N–H and O–H groups in total. The minimum absolute atomic E-state index is 0.828. The average molecular weight is 205 g/mol. The van der Waals surface area contributed by atoms with Gasteiger partial charge in [-0.15, -0.1) is 0 Å². The number of aromatic nitrogens is 1. The van der Waals surface area contributed by atoms with Gasteiger partial charge in [0, 0.05) is 23.5 Å². The molecule has 0 saturated heterocycles. The van der Waals surface area contributed by atoms with Crippen LogP contribution in [0, 0.1) is 19.8 Å². The van der Waals surface area contributed by atoms with Gasteiger partial charge >= 0.3 is 0 Å². The number of carbonyl (C=O) groups is 1. The summed E-state index contributed by atoms with van der Waals surface area (Å²) in [5.74, 6) is 0.828. The fourth-order valence-corrected chi connectivity index (χ4v) is 2.68. The maximum absolute atomic E-state index is 10.8. The van der Waals surface area contributed by atoms with E-state index in [-0.39, 0.29) is 0 Å². The molecular weight excluding hydrogens is 186 g/mol. The van der Waals surface area contributed by atoms with Crippen molar-refractivity contribution < 1.29 is 4.79 Å². The molecule has 2 heteroatoms. The molecule has 2 rings (SSSR count). The molecule has 0 unspecified atom stereocenters. The molecule has 1 saturated carbocycles. The third-order valence-electron chi connectivity index (χ3n) is 3.66. The number of aldehydes is 1. The SMILES string of the molecule is Cc1cc(C=O)c(C)n1CC1CCCC1. The third kappa shape index (κ3) is 1.99. The number of hydrogen-bond acceptors (Lipinski definition) is 1. The Morgan fingerprint density at radius 2 is 2.07 bits per heavy atom.